The smallest absolute Gasteiger partial charge is 0.248 e. The van der Waals surface area contributed by atoms with Gasteiger partial charge in [-0.15, -0.1) is 12.4 Å². The lowest BCUT2D eigenvalue weighted by Gasteiger charge is -2.15. The molecule has 1 unspecified atom stereocenters. The van der Waals surface area contributed by atoms with E-state index in [2.05, 4.69) is 15.7 Å². The zero-order valence-electron chi connectivity index (χ0n) is 14.9. The summed E-state index contributed by atoms with van der Waals surface area (Å²) in [6.45, 7) is 5.82. The van der Waals surface area contributed by atoms with Gasteiger partial charge in [0.05, 0.1) is 16.4 Å². The van der Waals surface area contributed by atoms with Gasteiger partial charge in [0, 0.05) is 24.3 Å². The first-order chi connectivity index (χ1) is 11.8. The Hall–Kier alpha value is -2.09. The summed E-state index contributed by atoms with van der Waals surface area (Å²) in [5, 5.41) is 10.1. The molecule has 142 valence electrons. The number of hydrogen-bond acceptors (Lipinski definition) is 4. The SMILES string of the molecule is Cc1cc(C)n(C(C)C(=O)Nc2ccc(NC(=O)CCN)cc2Cl)n1.Cl. The molecule has 1 heterocycles. The molecule has 1 atom stereocenters. The second kappa shape index (κ2) is 9.56. The number of carbonyl (C=O) groups is 2. The van der Waals surface area contributed by atoms with Crippen LogP contribution < -0.4 is 16.4 Å². The average molecular weight is 400 g/mol. The zero-order chi connectivity index (χ0) is 18.6. The third-order valence-electron chi connectivity index (χ3n) is 3.67. The van der Waals surface area contributed by atoms with Crippen LogP contribution in [-0.4, -0.2) is 28.1 Å². The van der Waals surface area contributed by atoms with Crippen molar-refractivity contribution in [2.24, 2.45) is 5.73 Å². The number of anilines is 2. The third kappa shape index (κ3) is 5.45. The number of aryl methyl sites for hydroxylation is 2. The van der Waals surface area contributed by atoms with Crippen molar-refractivity contribution in [1.82, 2.24) is 9.78 Å². The molecular formula is C17H23Cl2N5O2. The van der Waals surface area contributed by atoms with Gasteiger partial charge in [-0.1, -0.05) is 11.6 Å². The van der Waals surface area contributed by atoms with E-state index in [0.717, 1.165) is 11.4 Å². The van der Waals surface area contributed by atoms with Crippen LogP contribution in [0.4, 0.5) is 11.4 Å². The van der Waals surface area contributed by atoms with Gasteiger partial charge in [-0.3, -0.25) is 14.3 Å². The zero-order valence-corrected chi connectivity index (χ0v) is 16.4. The summed E-state index contributed by atoms with van der Waals surface area (Å²) >= 11 is 6.21. The van der Waals surface area contributed by atoms with Crippen molar-refractivity contribution in [2.75, 3.05) is 17.2 Å². The molecule has 2 amide bonds. The number of nitrogens with one attached hydrogen (secondary N) is 2. The lowest BCUT2D eigenvalue weighted by atomic mass is 10.2. The van der Waals surface area contributed by atoms with Gasteiger partial charge in [-0.25, -0.2) is 0 Å². The Morgan fingerprint density at radius 1 is 1.27 bits per heavy atom. The molecule has 0 saturated heterocycles. The van der Waals surface area contributed by atoms with Crippen LogP contribution in [0.15, 0.2) is 24.3 Å². The monoisotopic (exact) mass is 399 g/mol. The summed E-state index contributed by atoms with van der Waals surface area (Å²) < 4.78 is 1.67. The molecule has 0 aliphatic rings. The minimum absolute atomic E-state index is 0. The van der Waals surface area contributed by atoms with Crippen LogP contribution in [0.2, 0.25) is 5.02 Å². The lowest BCUT2D eigenvalue weighted by molar-refractivity contribution is -0.119. The van der Waals surface area contributed by atoms with Crippen LogP contribution in [0.25, 0.3) is 0 Å². The number of aromatic nitrogens is 2. The van der Waals surface area contributed by atoms with E-state index >= 15 is 0 Å². The van der Waals surface area contributed by atoms with E-state index in [1.165, 1.54) is 0 Å². The Morgan fingerprint density at radius 2 is 1.96 bits per heavy atom. The van der Waals surface area contributed by atoms with Gasteiger partial charge in [0.2, 0.25) is 11.8 Å². The summed E-state index contributed by atoms with van der Waals surface area (Å²) in [6, 6.07) is 6.33. The summed E-state index contributed by atoms with van der Waals surface area (Å²) in [7, 11) is 0. The van der Waals surface area contributed by atoms with Crippen molar-refractivity contribution >= 4 is 47.2 Å². The van der Waals surface area contributed by atoms with E-state index in [1.807, 2.05) is 19.9 Å². The first-order valence-corrected chi connectivity index (χ1v) is 8.32. The highest BCUT2D eigenvalue weighted by atomic mass is 35.5. The Kier molecular flexibility index (Phi) is 8.08. The number of nitrogens with zero attached hydrogens (tertiary/aromatic N) is 2. The predicted molar refractivity (Wildman–Crippen MR) is 106 cm³/mol. The van der Waals surface area contributed by atoms with Gasteiger partial charge in [0.15, 0.2) is 0 Å². The number of amides is 2. The molecule has 1 aromatic heterocycles. The molecule has 0 bridgehead atoms. The summed E-state index contributed by atoms with van der Waals surface area (Å²) in [5.74, 6) is -0.415. The molecule has 2 aromatic rings. The second-order valence-electron chi connectivity index (χ2n) is 5.82. The number of nitrogens with two attached hydrogens (primary N) is 1. The Morgan fingerprint density at radius 3 is 2.50 bits per heavy atom. The van der Waals surface area contributed by atoms with Crippen molar-refractivity contribution in [3.05, 3.63) is 40.7 Å². The molecule has 0 aliphatic carbocycles. The van der Waals surface area contributed by atoms with Crippen molar-refractivity contribution in [3.8, 4) is 0 Å². The fraction of sp³-hybridized carbons (Fsp3) is 0.353. The fourth-order valence-corrected chi connectivity index (χ4v) is 2.66. The van der Waals surface area contributed by atoms with E-state index in [-0.39, 0.29) is 37.2 Å². The lowest BCUT2D eigenvalue weighted by Crippen LogP contribution is -2.25. The van der Waals surface area contributed by atoms with E-state index in [9.17, 15) is 9.59 Å². The van der Waals surface area contributed by atoms with Crippen LogP contribution in [0, 0.1) is 13.8 Å². The number of carbonyl (C=O) groups excluding carboxylic acids is 2. The number of halogens is 2. The molecule has 2 rings (SSSR count). The molecule has 9 heteroatoms. The highest BCUT2D eigenvalue weighted by Gasteiger charge is 2.19. The molecule has 7 nitrogen and oxygen atoms in total. The van der Waals surface area contributed by atoms with Crippen LogP contribution in [0.3, 0.4) is 0 Å². The van der Waals surface area contributed by atoms with E-state index in [4.69, 9.17) is 17.3 Å². The normalized spacial score (nSPS) is 11.4. The molecule has 0 fully saturated rings. The largest absolute Gasteiger partial charge is 0.330 e. The van der Waals surface area contributed by atoms with Crippen LogP contribution in [-0.2, 0) is 9.59 Å². The molecule has 0 spiro atoms. The highest BCUT2D eigenvalue weighted by Crippen LogP contribution is 2.26. The maximum atomic E-state index is 12.5. The molecule has 4 N–H and O–H groups in total. The number of rotatable bonds is 6. The molecular weight excluding hydrogens is 377 g/mol. The predicted octanol–water partition coefficient (Wildman–Crippen LogP) is 3.06. The van der Waals surface area contributed by atoms with Gasteiger partial charge in [-0.2, -0.15) is 5.10 Å². The van der Waals surface area contributed by atoms with Crippen LogP contribution >= 0.6 is 24.0 Å². The third-order valence-corrected chi connectivity index (χ3v) is 3.99. The van der Waals surface area contributed by atoms with Crippen molar-refractivity contribution in [1.29, 1.82) is 0 Å². The van der Waals surface area contributed by atoms with Gasteiger partial charge >= 0.3 is 0 Å². The van der Waals surface area contributed by atoms with Crippen LogP contribution in [0.1, 0.15) is 30.8 Å². The Labute approximate surface area is 163 Å². The first-order valence-electron chi connectivity index (χ1n) is 7.95. The molecule has 0 aliphatic heterocycles. The fourth-order valence-electron chi connectivity index (χ4n) is 2.44. The van der Waals surface area contributed by atoms with Crippen molar-refractivity contribution < 1.29 is 9.59 Å². The average Bonchev–Trinajstić information content (AvgIpc) is 2.87. The molecule has 0 radical (unpaired) electrons. The minimum Gasteiger partial charge on any atom is -0.330 e. The number of benzene rings is 1. The Balaban J connectivity index is 0.00000338. The quantitative estimate of drug-likeness (QED) is 0.694. The maximum absolute atomic E-state index is 12.5. The van der Waals surface area contributed by atoms with Gasteiger partial charge in [0.25, 0.3) is 0 Å². The van der Waals surface area contributed by atoms with Crippen molar-refractivity contribution in [2.45, 2.75) is 33.2 Å². The van der Waals surface area contributed by atoms with Gasteiger partial charge in [0.1, 0.15) is 6.04 Å². The number of hydrogen-bond donors (Lipinski definition) is 3. The van der Waals surface area contributed by atoms with Crippen LogP contribution in [0.5, 0.6) is 0 Å². The minimum atomic E-state index is -0.478. The van der Waals surface area contributed by atoms with Gasteiger partial charge < -0.3 is 16.4 Å². The van der Waals surface area contributed by atoms with E-state index in [0.29, 0.717) is 16.4 Å². The van der Waals surface area contributed by atoms with Gasteiger partial charge in [-0.05, 0) is 45.0 Å². The summed E-state index contributed by atoms with van der Waals surface area (Å²) in [6.07, 6.45) is 0.232. The van der Waals surface area contributed by atoms with E-state index < -0.39 is 6.04 Å². The molecule has 1 aromatic carbocycles. The molecule has 26 heavy (non-hydrogen) atoms. The maximum Gasteiger partial charge on any atom is 0.248 e. The van der Waals surface area contributed by atoms with E-state index in [1.54, 1.807) is 29.8 Å². The first kappa shape index (κ1) is 22.0. The van der Waals surface area contributed by atoms with Crippen molar-refractivity contribution in [3.63, 3.8) is 0 Å². The summed E-state index contributed by atoms with van der Waals surface area (Å²) in [4.78, 5) is 24.0. The highest BCUT2D eigenvalue weighted by molar-refractivity contribution is 6.34. The second-order valence-corrected chi connectivity index (χ2v) is 6.23. The summed E-state index contributed by atoms with van der Waals surface area (Å²) in [5.41, 5.74) is 8.12. The Bertz CT molecular complexity index is 791. The topological polar surface area (TPSA) is 102 Å². The molecule has 0 saturated carbocycles. The standard InChI is InChI=1S/C17H22ClN5O2.ClH/c1-10-8-11(2)23(22-10)12(3)17(25)21-15-5-4-13(9-14(15)18)20-16(24)6-7-19;/h4-5,8-9,12H,6-7,19H2,1-3H3,(H,20,24)(H,21,25);1H.